The molecule has 11 heavy (non-hydrogen) atoms. The Bertz CT molecular complexity index is 245. The van der Waals surface area contributed by atoms with Crippen molar-refractivity contribution in [2.45, 2.75) is 18.9 Å². The summed E-state index contributed by atoms with van der Waals surface area (Å²) in [5.41, 5.74) is 6.23. The van der Waals surface area contributed by atoms with E-state index in [2.05, 4.69) is 5.10 Å². The molecule has 0 radical (unpaired) electrons. The summed E-state index contributed by atoms with van der Waals surface area (Å²) in [6.07, 6.45) is 4.28. The smallest absolute Gasteiger partial charge is 0.235 e. The molecule has 4 nitrogen and oxygen atoms in total. The quantitative estimate of drug-likeness (QED) is 0.674. The maximum absolute atomic E-state index is 5.61. The van der Waals surface area contributed by atoms with E-state index in [-0.39, 0.29) is 0 Å². The standard InChI is InChI=1S/C7H11N3O/c1-10-7(6(8)4-9-10)11-5-2-3-5/h4-5H,2-3,8H2,1H3. The molecule has 1 aromatic heterocycles. The Morgan fingerprint density at radius 2 is 2.45 bits per heavy atom. The Morgan fingerprint density at radius 1 is 1.73 bits per heavy atom. The van der Waals surface area contributed by atoms with Crippen LogP contribution in [0, 0.1) is 0 Å². The Labute approximate surface area is 64.9 Å². The summed E-state index contributed by atoms with van der Waals surface area (Å²) in [7, 11) is 1.83. The van der Waals surface area contributed by atoms with Crippen LogP contribution < -0.4 is 10.5 Å². The average Bonchev–Trinajstić information content (AvgIpc) is 2.73. The molecule has 0 aliphatic heterocycles. The number of hydrogen-bond donors (Lipinski definition) is 1. The second-order valence-electron chi connectivity index (χ2n) is 2.85. The molecule has 1 fully saturated rings. The Balaban J connectivity index is 2.19. The first-order valence-corrected chi connectivity index (χ1v) is 3.71. The van der Waals surface area contributed by atoms with Crippen molar-refractivity contribution in [1.82, 2.24) is 9.78 Å². The van der Waals surface area contributed by atoms with Crippen LogP contribution in [-0.4, -0.2) is 15.9 Å². The molecule has 1 aliphatic carbocycles. The molecular weight excluding hydrogens is 142 g/mol. The molecule has 0 saturated heterocycles. The third-order valence-electron chi connectivity index (χ3n) is 1.71. The minimum Gasteiger partial charge on any atom is -0.473 e. The molecular formula is C7H11N3O. The first kappa shape index (κ1) is 6.52. The molecule has 0 amide bonds. The Morgan fingerprint density at radius 3 is 2.91 bits per heavy atom. The monoisotopic (exact) mass is 153 g/mol. The molecule has 1 heterocycles. The van der Waals surface area contributed by atoms with Crippen molar-refractivity contribution in [3.05, 3.63) is 6.20 Å². The lowest BCUT2D eigenvalue weighted by atomic mass is 10.6. The van der Waals surface area contributed by atoms with Crippen LogP contribution in [0.2, 0.25) is 0 Å². The third kappa shape index (κ3) is 1.15. The van der Waals surface area contributed by atoms with Crippen molar-refractivity contribution in [1.29, 1.82) is 0 Å². The molecule has 0 aromatic carbocycles. The summed E-state index contributed by atoms with van der Waals surface area (Å²) < 4.78 is 7.16. The maximum atomic E-state index is 5.61. The number of nitrogens with zero attached hydrogens (tertiary/aromatic N) is 2. The average molecular weight is 153 g/mol. The molecule has 1 aliphatic rings. The van der Waals surface area contributed by atoms with Crippen molar-refractivity contribution in [2.24, 2.45) is 7.05 Å². The predicted octanol–water partition coefficient (Wildman–Crippen LogP) is 0.544. The van der Waals surface area contributed by atoms with Gasteiger partial charge in [0.05, 0.1) is 6.20 Å². The lowest BCUT2D eigenvalue weighted by molar-refractivity contribution is 0.278. The molecule has 1 aromatic rings. The van der Waals surface area contributed by atoms with Crippen molar-refractivity contribution in [3.63, 3.8) is 0 Å². The summed E-state index contributed by atoms with van der Waals surface area (Å²) in [5, 5.41) is 3.96. The summed E-state index contributed by atoms with van der Waals surface area (Å²) in [6, 6.07) is 0. The fourth-order valence-corrected chi connectivity index (χ4v) is 0.931. The first-order chi connectivity index (χ1) is 5.27. The number of nitrogen functional groups attached to an aromatic ring is 1. The van der Waals surface area contributed by atoms with E-state index in [1.54, 1.807) is 10.9 Å². The van der Waals surface area contributed by atoms with Gasteiger partial charge in [-0.15, -0.1) is 0 Å². The van der Waals surface area contributed by atoms with Gasteiger partial charge in [-0.2, -0.15) is 5.10 Å². The van der Waals surface area contributed by atoms with Gasteiger partial charge in [0.2, 0.25) is 5.88 Å². The maximum Gasteiger partial charge on any atom is 0.235 e. The van der Waals surface area contributed by atoms with Crippen molar-refractivity contribution in [2.75, 3.05) is 5.73 Å². The summed E-state index contributed by atoms with van der Waals surface area (Å²) >= 11 is 0. The van der Waals surface area contributed by atoms with E-state index in [1.165, 1.54) is 0 Å². The number of anilines is 1. The zero-order valence-corrected chi connectivity index (χ0v) is 6.45. The van der Waals surface area contributed by atoms with Gasteiger partial charge >= 0.3 is 0 Å². The van der Waals surface area contributed by atoms with Gasteiger partial charge in [0.1, 0.15) is 11.8 Å². The predicted molar refractivity (Wildman–Crippen MR) is 41.3 cm³/mol. The van der Waals surface area contributed by atoms with E-state index in [4.69, 9.17) is 10.5 Å². The Kier molecular flexibility index (Phi) is 1.27. The highest BCUT2D eigenvalue weighted by atomic mass is 16.5. The molecule has 1 saturated carbocycles. The van der Waals surface area contributed by atoms with E-state index in [9.17, 15) is 0 Å². The number of ether oxygens (including phenoxy) is 1. The number of hydrogen-bond acceptors (Lipinski definition) is 3. The molecule has 2 rings (SSSR count). The topological polar surface area (TPSA) is 53.1 Å². The summed E-state index contributed by atoms with van der Waals surface area (Å²) in [4.78, 5) is 0. The molecule has 60 valence electrons. The van der Waals surface area contributed by atoms with Crippen LogP contribution in [0.4, 0.5) is 5.69 Å². The van der Waals surface area contributed by atoms with Gasteiger partial charge in [-0.1, -0.05) is 0 Å². The van der Waals surface area contributed by atoms with Crippen LogP contribution in [0.3, 0.4) is 0 Å². The molecule has 0 bridgehead atoms. The van der Waals surface area contributed by atoms with Crippen LogP contribution in [0.5, 0.6) is 5.88 Å². The normalized spacial score (nSPS) is 16.8. The van der Waals surface area contributed by atoms with Gasteiger partial charge in [-0.05, 0) is 12.8 Å². The summed E-state index contributed by atoms with van der Waals surface area (Å²) in [6.45, 7) is 0. The minimum absolute atomic E-state index is 0.382. The lowest BCUT2D eigenvalue weighted by Crippen LogP contribution is -2.03. The van der Waals surface area contributed by atoms with E-state index in [0.717, 1.165) is 12.8 Å². The van der Waals surface area contributed by atoms with E-state index in [1.807, 2.05) is 7.05 Å². The van der Waals surface area contributed by atoms with Gasteiger partial charge in [0.25, 0.3) is 0 Å². The van der Waals surface area contributed by atoms with Gasteiger partial charge in [0, 0.05) is 7.05 Å². The van der Waals surface area contributed by atoms with Crippen molar-refractivity contribution >= 4 is 5.69 Å². The third-order valence-corrected chi connectivity index (χ3v) is 1.71. The molecule has 4 heteroatoms. The van der Waals surface area contributed by atoms with Gasteiger partial charge < -0.3 is 10.5 Å². The van der Waals surface area contributed by atoms with Crippen LogP contribution in [-0.2, 0) is 7.05 Å². The number of nitrogens with two attached hydrogens (primary N) is 1. The van der Waals surface area contributed by atoms with Gasteiger partial charge in [0.15, 0.2) is 0 Å². The van der Waals surface area contributed by atoms with E-state index in [0.29, 0.717) is 17.7 Å². The fourth-order valence-electron chi connectivity index (χ4n) is 0.931. The highest BCUT2D eigenvalue weighted by molar-refractivity contribution is 5.46. The van der Waals surface area contributed by atoms with E-state index < -0.39 is 0 Å². The molecule has 2 N–H and O–H groups in total. The van der Waals surface area contributed by atoms with Gasteiger partial charge in [-0.3, -0.25) is 0 Å². The number of rotatable bonds is 2. The van der Waals surface area contributed by atoms with Crippen molar-refractivity contribution in [3.8, 4) is 5.88 Å². The van der Waals surface area contributed by atoms with E-state index >= 15 is 0 Å². The van der Waals surface area contributed by atoms with Gasteiger partial charge in [-0.25, -0.2) is 4.68 Å². The summed E-state index contributed by atoms with van der Waals surface area (Å²) in [5.74, 6) is 0.701. The first-order valence-electron chi connectivity index (χ1n) is 3.71. The highest BCUT2D eigenvalue weighted by Gasteiger charge is 2.25. The van der Waals surface area contributed by atoms with Crippen LogP contribution in [0.1, 0.15) is 12.8 Å². The lowest BCUT2D eigenvalue weighted by Gasteiger charge is -2.03. The molecule has 0 unspecified atom stereocenters. The largest absolute Gasteiger partial charge is 0.473 e. The molecule has 0 atom stereocenters. The number of aromatic nitrogens is 2. The Hall–Kier alpha value is -1.19. The zero-order valence-electron chi connectivity index (χ0n) is 6.45. The minimum atomic E-state index is 0.382. The second kappa shape index (κ2) is 2.15. The SMILES string of the molecule is Cn1ncc(N)c1OC1CC1. The van der Waals surface area contributed by atoms with Crippen LogP contribution in [0.25, 0.3) is 0 Å². The highest BCUT2D eigenvalue weighted by Crippen LogP contribution is 2.29. The molecule has 0 spiro atoms. The fraction of sp³-hybridized carbons (Fsp3) is 0.571. The second-order valence-corrected chi connectivity index (χ2v) is 2.85. The zero-order chi connectivity index (χ0) is 7.84. The van der Waals surface area contributed by atoms with Crippen LogP contribution >= 0.6 is 0 Å². The number of aryl methyl sites for hydroxylation is 1. The van der Waals surface area contributed by atoms with Crippen molar-refractivity contribution < 1.29 is 4.74 Å². The van der Waals surface area contributed by atoms with Crippen LogP contribution in [0.15, 0.2) is 6.20 Å².